The smallest absolute Gasteiger partial charge is 0.331 e. The van der Waals surface area contributed by atoms with Crippen LogP contribution in [0.5, 0.6) is 0 Å². The third kappa shape index (κ3) is 6.33. The van der Waals surface area contributed by atoms with Gasteiger partial charge in [-0.05, 0) is 55.5 Å². The third-order valence-electron chi connectivity index (χ3n) is 4.45. The van der Waals surface area contributed by atoms with Crippen LogP contribution in [0, 0.1) is 0 Å². The summed E-state index contributed by atoms with van der Waals surface area (Å²) in [4.78, 5) is 38.3. The summed E-state index contributed by atoms with van der Waals surface area (Å²) in [6.45, 7) is 1.35. The molecule has 0 spiro atoms. The van der Waals surface area contributed by atoms with Gasteiger partial charge < -0.3 is 10.4 Å². The molecule has 3 aromatic carbocycles. The van der Waals surface area contributed by atoms with E-state index in [0.717, 1.165) is 22.3 Å². The third-order valence-corrected chi connectivity index (χ3v) is 5.44. The molecule has 0 aliphatic carbocycles. The second-order valence-electron chi connectivity index (χ2n) is 6.84. The molecule has 0 atom stereocenters. The number of thioether (sulfide) groups is 1. The summed E-state index contributed by atoms with van der Waals surface area (Å²) in [5.74, 6) is -1.48. The van der Waals surface area contributed by atoms with Crippen molar-refractivity contribution in [3.05, 3.63) is 96.6 Å². The quantitative estimate of drug-likeness (QED) is 0.371. The normalized spacial score (nSPS) is 11.0. The van der Waals surface area contributed by atoms with Gasteiger partial charge in [0.05, 0.1) is 5.75 Å². The number of carboxylic acids is 1. The molecule has 0 aliphatic rings. The summed E-state index contributed by atoms with van der Waals surface area (Å²) < 4.78 is 0. The zero-order valence-corrected chi connectivity index (χ0v) is 18.2. The number of aliphatic carboxylic acids is 1. The molecule has 2 amide bonds. The number of amides is 2. The SMILES string of the molecule is C/C(=C\C(=O)Nc1ccc(SCC(=O)N(c2ccccc2)c2ccccc2)cc1)C(=O)O. The lowest BCUT2D eigenvalue weighted by Gasteiger charge is -2.23. The number of carboxylic acid groups (broad SMARTS) is 1. The van der Waals surface area contributed by atoms with Crippen LogP contribution in [-0.2, 0) is 14.4 Å². The van der Waals surface area contributed by atoms with Crippen LogP contribution in [0.4, 0.5) is 17.1 Å². The minimum Gasteiger partial charge on any atom is -0.478 e. The molecule has 3 rings (SSSR count). The summed E-state index contributed by atoms with van der Waals surface area (Å²) in [5, 5.41) is 11.5. The fourth-order valence-electron chi connectivity index (χ4n) is 2.87. The van der Waals surface area contributed by atoms with E-state index < -0.39 is 11.9 Å². The maximum absolute atomic E-state index is 13.1. The average molecular weight is 447 g/mol. The highest BCUT2D eigenvalue weighted by molar-refractivity contribution is 8.00. The van der Waals surface area contributed by atoms with Gasteiger partial charge in [-0.25, -0.2) is 4.79 Å². The van der Waals surface area contributed by atoms with E-state index in [1.165, 1.54) is 18.7 Å². The molecule has 0 aliphatic heterocycles. The van der Waals surface area contributed by atoms with Gasteiger partial charge in [0.1, 0.15) is 0 Å². The number of nitrogens with one attached hydrogen (secondary N) is 1. The van der Waals surface area contributed by atoms with Crippen LogP contribution < -0.4 is 10.2 Å². The molecule has 0 saturated carbocycles. The minimum atomic E-state index is -1.14. The first-order chi connectivity index (χ1) is 15.4. The van der Waals surface area contributed by atoms with Crippen molar-refractivity contribution in [2.75, 3.05) is 16.0 Å². The van der Waals surface area contributed by atoms with Gasteiger partial charge in [-0.2, -0.15) is 0 Å². The predicted octanol–water partition coefficient (Wildman–Crippen LogP) is 5.11. The highest BCUT2D eigenvalue weighted by Crippen LogP contribution is 2.28. The van der Waals surface area contributed by atoms with Crippen molar-refractivity contribution in [1.29, 1.82) is 0 Å². The Morgan fingerprint density at radius 2 is 1.41 bits per heavy atom. The highest BCUT2D eigenvalue weighted by atomic mass is 32.2. The van der Waals surface area contributed by atoms with Gasteiger partial charge in [0.2, 0.25) is 11.8 Å². The van der Waals surface area contributed by atoms with Gasteiger partial charge in [-0.3, -0.25) is 14.5 Å². The minimum absolute atomic E-state index is 0.0467. The average Bonchev–Trinajstić information content (AvgIpc) is 2.80. The molecule has 0 fully saturated rings. The number of rotatable bonds is 8. The van der Waals surface area contributed by atoms with E-state index >= 15 is 0 Å². The Kier molecular flexibility index (Phi) is 7.83. The molecule has 0 aromatic heterocycles. The van der Waals surface area contributed by atoms with Crippen molar-refractivity contribution in [1.82, 2.24) is 0 Å². The molecule has 0 radical (unpaired) electrons. The Balaban J connectivity index is 1.65. The second-order valence-corrected chi connectivity index (χ2v) is 7.88. The number of hydrogen-bond acceptors (Lipinski definition) is 4. The van der Waals surface area contributed by atoms with Gasteiger partial charge in [0, 0.05) is 33.6 Å². The molecule has 0 heterocycles. The first-order valence-corrected chi connectivity index (χ1v) is 10.8. The molecule has 162 valence electrons. The topological polar surface area (TPSA) is 86.7 Å². The molecular weight excluding hydrogens is 424 g/mol. The van der Waals surface area contributed by atoms with Gasteiger partial charge in [0.15, 0.2) is 0 Å². The van der Waals surface area contributed by atoms with Crippen molar-refractivity contribution in [3.8, 4) is 0 Å². The molecule has 7 heteroatoms. The van der Waals surface area contributed by atoms with Crippen LogP contribution >= 0.6 is 11.8 Å². The van der Waals surface area contributed by atoms with Crippen molar-refractivity contribution in [2.24, 2.45) is 0 Å². The number of carbonyl (C=O) groups is 3. The molecule has 0 bridgehead atoms. The molecule has 0 saturated heterocycles. The van der Waals surface area contributed by atoms with Crippen molar-refractivity contribution >= 4 is 46.6 Å². The van der Waals surface area contributed by atoms with E-state index in [9.17, 15) is 14.4 Å². The van der Waals surface area contributed by atoms with E-state index in [4.69, 9.17) is 5.11 Å². The molecule has 32 heavy (non-hydrogen) atoms. The van der Waals surface area contributed by atoms with Crippen molar-refractivity contribution < 1.29 is 19.5 Å². The number of carbonyl (C=O) groups excluding carboxylic acids is 2. The molecule has 3 aromatic rings. The van der Waals surface area contributed by atoms with Crippen molar-refractivity contribution in [2.45, 2.75) is 11.8 Å². The monoisotopic (exact) mass is 446 g/mol. The Morgan fingerprint density at radius 1 is 0.875 bits per heavy atom. The number of nitrogens with zero attached hydrogens (tertiary/aromatic N) is 1. The standard InChI is InChI=1S/C25H22N2O4S/c1-18(25(30)31)16-23(28)26-19-12-14-22(15-13-19)32-17-24(29)27(20-8-4-2-5-9-20)21-10-6-3-7-11-21/h2-16H,17H2,1H3,(H,26,28)(H,30,31)/b18-16+. The van der Waals surface area contributed by atoms with Crippen LogP contribution in [0.3, 0.4) is 0 Å². The van der Waals surface area contributed by atoms with Crippen LogP contribution in [0.25, 0.3) is 0 Å². The first-order valence-electron chi connectivity index (χ1n) is 9.82. The summed E-state index contributed by atoms with van der Waals surface area (Å²) in [6, 6.07) is 26.0. The Hall–Kier alpha value is -3.84. The highest BCUT2D eigenvalue weighted by Gasteiger charge is 2.18. The van der Waals surface area contributed by atoms with E-state index in [-0.39, 0.29) is 17.2 Å². The van der Waals surface area contributed by atoms with E-state index in [1.807, 2.05) is 60.7 Å². The maximum atomic E-state index is 13.1. The maximum Gasteiger partial charge on any atom is 0.331 e. The Labute approximate surface area is 190 Å². The summed E-state index contributed by atoms with van der Waals surface area (Å²) in [5.41, 5.74) is 2.09. The fourth-order valence-corrected chi connectivity index (χ4v) is 3.62. The predicted molar refractivity (Wildman–Crippen MR) is 127 cm³/mol. The first kappa shape index (κ1) is 22.8. The van der Waals surface area contributed by atoms with Crippen LogP contribution in [0.2, 0.25) is 0 Å². The second kappa shape index (κ2) is 11.0. The van der Waals surface area contributed by atoms with E-state index in [2.05, 4.69) is 5.32 Å². The summed E-state index contributed by atoms with van der Waals surface area (Å²) >= 11 is 1.39. The van der Waals surface area contributed by atoms with Gasteiger partial charge in [-0.1, -0.05) is 36.4 Å². The summed E-state index contributed by atoms with van der Waals surface area (Å²) in [6.07, 6.45) is 1.03. The molecule has 6 nitrogen and oxygen atoms in total. The lowest BCUT2D eigenvalue weighted by molar-refractivity contribution is -0.132. The number of hydrogen-bond donors (Lipinski definition) is 2. The Bertz CT molecular complexity index is 1070. The van der Waals surface area contributed by atoms with Crippen LogP contribution in [-0.4, -0.2) is 28.6 Å². The van der Waals surface area contributed by atoms with Crippen molar-refractivity contribution in [3.63, 3.8) is 0 Å². The molecule has 2 N–H and O–H groups in total. The zero-order chi connectivity index (χ0) is 22.9. The largest absolute Gasteiger partial charge is 0.478 e. The van der Waals surface area contributed by atoms with Gasteiger partial charge >= 0.3 is 5.97 Å². The van der Waals surface area contributed by atoms with Gasteiger partial charge in [0.25, 0.3) is 0 Å². The summed E-state index contributed by atoms with van der Waals surface area (Å²) in [7, 11) is 0. The number of para-hydroxylation sites is 2. The molecule has 0 unspecified atom stereocenters. The van der Waals surface area contributed by atoms with Gasteiger partial charge in [-0.15, -0.1) is 11.8 Å². The lowest BCUT2D eigenvalue weighted by atomic mass is 10.2. The zero-order valence-electron chi connectivity index (χ0n) is 17.4. The fraction of sp³-hybridized carbons (Fsp3) is 0.0800. The molecular formula is C25H22N2O4S. The lowest BCUT2D eigenvalue weighted by Crippen LogP contribution is -2.27. The Morgan fingerprint density at radius 3 is 1.91 bits per heavy atom. The number of anilines is 3. The number of benzene rings is 3. The van der Waals surface area contributed by atoms with E-state index in [0.29, 0.717) is 5.69 Å². The van der Waals surface area contributed by atoms with Crippen LogP contribution in [0.15, 0.2) is 101 Å². The van der Waals surface area contributed by atoms with Crippen LogP contribution in [0.1, 0.15) is 6.92 Å². The van der Waals surface area contributed by atoms with E-state index in [1.54, 1.807) is 29.2 Å².